The van der Waals surface area contributed by atoms with Crippen LogP contribution in [0.25, 0.3) is 0 Å². The van der Waals surface area contributed by atoms with Crippen LogP contribution in [0, 0.1) is 0 Å². The minimum atomic E-state index is -0.195. The molecule has 0 fully saturated rings. The third kappa shape index (κ3) is 3.92. The first-order valence-electron chi connectivity index (χ1n) is 4.84. The molecular formula is C11H16O2. The molecule has 1 aliphatic carbocycles. The number of hydrogen-bond acceptors (Lipinski definition) is 2. The molecule has 0 saturated carbocycles. The first-order valence-corrected chi connectivity index (χ1v) is 4.84. The third-order valence-corrected chi connectivity index (χ3v) is 2.04. The molecule has 0 aliphatic heterocycles. The number of carbonyl (C=O) groups is 1. The standard InChI is InChI=1S/C11H16O2/c1-2-13-11(12)9-10-7-5-3-4-6-8-10/h3-4,9H,2,5-8H2,1H3. The second-order valence-electron chi connectivity index (χ2n) is 3.10. The molecule has 2 heteroatoms. The zero-order valence-electron chi connectivity index (χ0n) is 8.08. The average Bonchev–Trinajstić information content (AvgIpc) is 2.33. The first kappa shape index (κ1) is 10.0. The highest BCUT2D eigenvalue weighted by Crippen LogP contribution is 2.17. The number of rotatable bonds is 2. The average molecular weight is 180 g/mol. The van der Waals surface area contributed by atoms with Gasteiger partial charge in [0.2, 0.25) is 0 Å². The molecule has 0 bridgehead atoms. The van der Waals surface area contributed by atoms with Crippen LogP contribution in [0.5, 0.6) is 0 Å². The van der Waals surface area contributed by atoms with E-state index in [1.807, 2.05) is 6.92 Å². The lowest BCUT2D eigenvalue weighted by atomic mass is 10.1. The summed E-state index contributed by atoms with van der Waals surface area (Å²) >= 11 is 0. The van der Waals surface area contributed by atoms with Crippen LogP contribution in [-0.4, -0.2) is 12.6 Å². The van der Waals surface area contributed by atoms with Crippen molar-refractivity contribution < 1.29 is 9.53 Å². The predicted molar refractivity (Wildman–Crippen MR) is 52.3 cm³/mol. The highest BCUT2D eigenvalue weighted by Gasteiger charge is 2.03. The molecule has 0 spiro atoms. The lowest BCUT2D eigenvalue weighted by molar-refractivity contribution is -0.137. The van der Waals surface area contributed by atoms with Crippen molar-refractivity contribution in [3.05, 3.63) is 23.8 Å². The topological polar surface area (TPSA) is 26.3 Å². The highest BCUT2D eigenvalue weighted by molar-refractivity contribution is 5.82. The summed E-state index contributed by atoms with van der Waals surface area (Å²) in [4.78, 5) is 11.1. The molecule has 0 aromatic rings. The fourth-order valence-electron chi connectivity index (χ4n) is 1.39. The van der Waals surface area contributed by atoms with Gasteiger partial charge in [-0.3, -0.25) is 0 Å². The molecule has 0 atom stereocenters. The Labute approximate surface area is 79.3 Å². The van der Waals surface area contributed by atoms with Crippen LogP contribution >= 0.6 is 0 Å². The Kier molecular flexibility index (Phi) is 4.30. The van der Waals surface area contributed by atoms with Gasteiger partial charge in [0.15, 0.2) is 0 Å². The Balaban J connectivity index is 2.45. The van der Waals surface area contributed by atoms with Crippen LogP contribution in [0.2, 0.25) is 0 Å². The van der Waals surface area contributed by atoms with Crippen molar-refractivity contribution in [1.29, 1.82) is 0 Å². The second kappa shape index (κ2) is 5.57. The van der Waals surface area contributed by atoms with E-state index < -0.39 is 0 Å². The third-order valence-electron chi connectivity index (χ3n) is 2.04. The summed E-state index contributed by atoms with van der Waals surface area (Å²) in [5.41, 5.74) is 1.21. The molecule has 0 heterocycles. The maximum absolute atomic E-state index is 11.1. The summed E-state index contributed by atoms with van der Waals surface area (Å²) in [5.74, 6) is -0.195. The largest absolute Gasteiger partial charge is 0.463 e. The number of esters is 1. The summed E-state index contributed by atoms with van der Waals surface area (Å²) in [5, 5.41) is 0. The Morgan fingerprint density at radius 3 is 2.62 bits per heavy atom. The van der Waals surface area contributed by atoms with Crippen LogP contribution in [0.3, 0.4) is 0 Å². The van der Waals surface area contributed by atoms with Gasteiger partial charge in [0.05, 0.1) is 6.61 Å². The molecular weight excluding hydrogens is 164 g/mol. The van der Waals surface area contributed by atoms with Crippen molar-refractivity contribution in [2.75, 3.05) is 6.61 Å². The van der Waals surface area contributed by atoms with E-state index in [1.165, 1.54) is 5.57 Å². The van der Waals surface area contributed by atoms with E-state index in [0.717, 1.165) is 25.7 Å². The van der Waals surface area contributed by atoms with Crippen molar-refractivity contribution in [3.63, 3.8) is 0 Å². The number of carbonyl (C=O) groups excluding carboxylic acids is 1. The van der Waals surface area contributed by atoms with Gasteiger partial charge in [0.25, 0.3) is 0 Å². The van der Waals surface area contributed by atoms with E-state index in [2.05, 4.69) is 12.2 Å². The van der Waals surface area contributed by atoms with Gasteiger partial charge >= 0.3 is 5.97 Å². The van der Waals surface area contributed by atoms with E-state index in [0.29, 0.717) is 6.61 Å². The molecule has 0 amide bonds. The van der Waals surface area contributed by atoms with Crippen LogP contribution in [0.4, 0.5) is 0 Å². The smallest absolute Gasteiger partial charge is 0.330 e. The van der Waals surface area contributed by atoms with Crippen LogP contribution in [0.15, 0.2) is 23.8 Å². The van der Waals surface area contributed by atoms with Crippen LogP contribution in [-0.2, 0) is 9.53 Å². The summed E-state index contributed by atoms with van der Waals surface area (Å²) < 4.78 is 4.85. The van der Waals surface area contributed by atoms with Gasteiger partial charge in [0, 0.05) is 6.08 Å². The quantitative estimate of drug-likeness (QED) is 0.371. The van der Waals surface area contributed by atoms with Crippen molar-refractivity contribution in [1.82, 2.24) is 0 Å². The zero-order chi connectivity index (χ0) is 9.52. The maximum atomic E-state index is 11.1. The summed E-state index contributed by atoms with van der Waals surface area (Å²) in [7, 11) is 0. The van der Waals surface area contributed by atoms with E-state index in [9.17, 15) is 4.79 Å². The maximum Gasteiger partial charge on any atom is 0.330 e. The molecule has 0 aromatic carbocycles. The predicted octanol–water partition coefficient (Wildman–Crippen LogP) is 2.61. The van der Waals surface area contributed by atoms with Crippen molar-refractivity contribution >= 4 is 5.97 Å². The number of hydrogen-bond donors (Lipinski definition) is 0. The fourth-order valence-corrected chi connectivity index (χ4v) is 1.39. The highest BCUT2D eigenvalue weighted by atomic mass is 16.5. The van der Waals surface area contributed by atoms with Crippen molar-refractivity contribution in [2.45, 2.75) is 32.6 Å². The monoisotopic (exact) mass is 180 g/mol. The lowest BCUT2D eigenvalue weighted by Crippen LogP contribution is -2.01. The molecule has 0 unspecified atom stereocenters. The molecule has 0 aromatic heterocycles. The minimum Gasteiger partial charge on any atom is -0.463 e. The number of ether oxygens (including phenoxy) is 1. The second-order valence-corrected chi connectivity index (χ2v) is 3.10. The summed E-state index contributed by atoms with van der Waals surface area (Å²) in [6.45, 7) is 2.28. The van der Waals surface area contributed by atoms with Gasteiger partial charge in [-0.1, -0.05) is 17.7 Å². The fraction of sp³-hybridized carbons (Fsp3) is 0.545. The molecule has 13 heavy (non-hydrogen) atoms. The molecule has 72 valence electrons. The summed E-state index contributed by atoms with van der Waals surface area (Å²) in [6.07, 6.45) is 10.1. The Hall–Kier alpha value is -1.05. The lowest BCUT2D eigenvalue weighted by Gasteiger charge is -2.01. The molecule has 2 nitrogen and oxygen atoms in total. The van der Waals surface area contributed by atoms with E-state index in [1.54, 1.807) is 6.08 Å². The summed E-state index contributed by atoms with van der Waals surface area (Å²) in [6, 6.07) is 0. The first-order chi connectivity index (χ1) is 6.33. The van der Waals surface area contributed by atoms with E-state index in [4.69, 9.17) is 4.74 Å². The zero-order valence-corrected chi connectivity index (χ0v) is 8.08. The minimum absolute atomic E-state index is 0.195. The van der Waals surface area contributed by atoms with Gasteiger partial charge in [-0.25, -0.2) is 4.79 Å². The van der Waals surface area contributed by atoms with Crippen LogP contribution < -0.4 is 0 Å². The van der Waals surface area contributed by atoms with Gasteiger partial charge in [0.1, 0.15) is 0 Å². The number of allylic oxidation sites excluding steroid dienone is 3. The van der Waals surface area contributed by atoms with Gasteiger partial charge in [-0.15, -0.1) is 0 Å². The Bertz CT molecular complexity index is 214. The molecule has 0 radical (unpaired) electrons. The molecule has 0 N–H and O–H groups in total. The molecule has 1 rings (SSSR count). The Morgan fingerprint density at radius 1 is 1.46 bits per heavy atom. The normalized spacial score (nSPS) is 16.5. The van der Waals surface area contributed by atoms with Gasteiger partial charge < -0.3 is 4.74 Å². The van der Waals surface area contributed by atoms with E-state index >= 15 is 0 Å². The van der Waals surface area contributed by atoms with E-state index in [-0.39, 0.29) is 5.97 Å². The van der Waals surface area contributed by atoms with Crippen molar-refractivity contribution in [2.24, 2.45) is 0 Å². The Morgan fingerprint density at radius 2 is 2.08 bits per heavy atom. The molecule has 1 aliphatic rings. The van der Waals surface area contributed by atoms with Gasteiger partial charge in [-0.2, -0.15) is 0 Å². The molecule has 0 saturated heterocycles. The van der Waals surface area contributed by atoms with Crippen molar-refractivity contribution in [3.8, 4) is 0 Å². The van der Waals surface area contributed by atoms with Crippen LogP contribution in [0.1, 0.15) is 32.6 Å². The SMILES string of the molecule is CCOC(=O)C=C1CCC=CCC1. The van der Waals surface area contributed by atoms with Gasteiger partial charge in [-0.05, 0) is 32.6 Å².